The molecule has 0 bridgehead atoms. The molecule has 16 heavy (non-hydrogen) atoms. The van der Waals surface area contributed by atoms with Crippen molar-refractivity contribution < 1.29 is 4.42 Å². The summed E-state index contributed by atoms with van der Waals surface area (Å²) >= 11 is 0. The van der Waals surface area contributed by atoms with Crippen LogP contribution < -0.4 is 0 Å². The van der Waals surface area contributed by atoms with Crippen molar-refractivity contribution in [2.45, 2.75) is 0 Å². The molecule has 4 rings (SSSR count). The standard InChI is InChI=1S/C11H6N4O/c1-2-6-8-9-7(4-12-5-14-9)16-11(8)15-10(6)13-3-1/h1-5H,(H,13,15). The summed E-state index contributed by atoms with van der Waals surface area (Å²) in [6.07, 6.45) is 4.93. The van der Waals surface area contributed by atoms with Crippen LogP contribution in [0.4, 0.5) is 0 Å². The van der Waals surface area contributed by atoms with Gasteiger partial charge in [-0.15, -0.1) is 0 Å². The van der Waals surface area contributed by atoms with Gasteiger partial charge in [0, 0.05) is 11.6 Å². The molecule has 1 N–H and O–H groups in total. The van der Waals surface area contributed by atoms with Gasteiger partial charge < -0.3 is 9.40 Å². The predicted octanol–water partition coefficient (Wildman–Crippen LogP) is 2.25. The van der Waals surface area contributed by atoms with Gasteiger partial charge in [-0.25, -0.2) is 15.0 Å². The molecule has 0 amide bonds. The van der Waals surface area contributed by atoms with Gasteiger partial charge in [-0.05, 0) is 12.1 Å². The van der Waals surface area contributed by atoms with Crippen molar-refractivity contribution in [3.8, 4) is 0 Å². The van der Waals surface area contributed by atoms with E-state index in [0.717, 1.165) is 21.9 Å². The third kappa shape index (κ3) is 0.826. The topological polar surface area (TPSA) is 67.6 Å². The molecule has 4 aromatic rings. The Labute approximate surface area is 89.1 Å². The van der Waals surface area contributed by atoms with Crippen LogP contribution in [-0.2, 0) is 0 Å². The summed E-state index contributed by atoms with van der Waals surface area (Å²) in [5, 5.41) is 2.00. The number of furan rings is 1. The van der Waals surface area contributed by atoms with Crippen LogP contribution in [0.15, 0.2) is 35.3 Å². The van der Waals surface area contributed by atoms with Crippen LogP contribution in [0.25, 0.3) is 33.2 Å². The van der Waals surface area contributed by atoms with Gasteiger partial charge in [0.15, 0.2) is 5.58 Å². The van der Waals surface area contributed by atoms with Gasteiger partial charge in [-0.2, -0.15) is 0 Å². The van der Waals surface area contributed by atoms with Crippen molar-refractivity contribution >= 4 is 33.2 Å². The maximum absolute atomic E-state index is 5.62. The second-order valence-electron chi connectivity index (χ2n) is 3.57. The summed E-state index contributed by atoms with van der Waals surface area (Å²) in [5.41, 5.74) is 3.03. The largest absolute Gasteiger partial charge is 0.436 e. The van der Waals surface area contributed by atoms with Crippen LogP contribution in [0.1, 0.15) is 0 Å². The van der Waals surface area contributed by atoms with Gasteiger partial charge in [0.25, 0.3) is 0 Å². The molecule has 0 unspecified atom stereocenters. The molecule has 0 saturated heterocycles. The van der Waals surface area contributed by atoms with E-state index in [1.54, 1.807) is 12.4 Å². The predicted molar refractivity (Wildman–Crippen MR) is 59.0 cm³/mol. The molecule has 0 saturated carbocycles. The second-order valence-corrected chi connectivity index (χ2v) is 3.57. The molecule has 5 heteroatoms. The molecular weight excluding hydrogens is 204 g/mol. The van der Waals surface area contributed by atoms with Crippen molar-refractivity contribution in [2.75, 3.05) is 0 Å². The molecule has 76 valence electrons. The van der Waals surface area contributed by atoms with Crippen LogP contribution in [0, 0.1) is 0 Å². The molecular formula is C11H6N4O. The number of pyridine rings is 1. The van der Waals surface area contributed by atoms with Crippen LogP contribution >= 0.6 is 0 Å². The molecule has 0 spiro atoms. The number of nitrogens with one attached hydrogen (secondary N) is 1. The van der Waals surface area contributed by atoms with Gasteiger partial charge >= 0.3 is 0 Å². The Morgan fingerprint density at radius 1 is 1.25 bits per heavy atom. The van der Waals surface area contributed by atoms with Crippen molar-refractivity contribution in [3.05, 3.63) is 30.9 Å². The fourth-order valence-corrected chi connectivity index (χ4v) is 2.00. The van der Waals surface area contributed by atoms with Gasteiger partial charge in [0.2, 0.25) is 5.71 Å². The Balaban J connectivity index is 2.38. The average Bonchev–Trinajstić information content (AvgIpc) is 2.83. The minimum absolute atomic E-state index is 0.689. The fraction of sp³-hybridized carbons (Fsp3) is 0. The third-order valence-corrected chi connectivity index (χ3v) is 2.66. The Morgan fingerprint density at radius 2 is 2.25 bits per heavy atom. The summed E-state index contributed by atoms with van der Waals surface area (Å²) < 4.78 is 5.62. The first-order valence-corrected chi connectivity index (χ1v) is 4.88. The Kier molecular flexibility index (Phi) is 1.26. The number of nitrogens with zero attached hydrogens (tertiary/aromatic N) is 3. The lowest BCUT2D eigenvalue weighted by Gasteiger charge is -1.88. The summed E-state index contributed by atoms with van der Waals surface area (Å²) in [4.78, 5) is 15.5. The highest BCUT2D eigenvalue weighted by molar-refractivity contribution is 6.16. The Morgan fingerprint density at radius 3 is 3.25 bits per heavy atom. The summed E-state index contributed by atoms with van der Waals surface area (Å²) in [6.45, 7) is 0. The van der Waals surface area contributed by atoms with Crippen molar-refractivity contribution in [3.63, 3.8) is 0 Å². The van der Waals surface area contributed by atoms with E-state index in [0.29, 0.717) is 11.3 Å². The van der Waals surface area contributed by atoms with E-state index >= 15 is 0 Å². The van der Waals surface area contributed by atoms with Crippen LogP contribution in [0.2, 0.25) is 0 Å². The molecule has 4 heterocycles. The first-order valence-electron chi connectivity index (χ1n) is 4.88. The molecule has 0 aliphatic carbocycles. The molecule has 0 atom stereocenters. The van der Waals surface area contributed by atoms with E-state index in [2.05, 4.69) is 19.9 Å². The van der Waals surface area contributed by atoms with E-state index in [9.17, 15) is 0 Å². The number of fused-ring (bicyclic) bond motifs is 5. The zero-order valence-electron chi connectivity index (χ0n) is 8.14. The highest BCUT2D eigenvalue weighted by Gasteiger charge is 2.14. The third-order valence-electron chi connectivity index (χ3n) is 2.66. The van der Waals surface area contributed by atoms with E-state index in [1.165, 1.54) is 6.33 Å². The lowest BCUT2D eigenvalue weighted by molar-refractivity contribution is 0.653. The number of aromatic amines is 1. The maximum atomic E-state index is 5.62. The van der Waals surface area contributed by atoms with E-state index in [4.69, 9.17) is 4.42 Å². The monoisotopic (exact) mass is 210 g/mol. The minimum atomic E-state index is 0.689. The smallest absolute Gasteiger partial charge is 0.209 e. The Hall–Kier alpha value is -2.43. The van der Waals surface area contributed by atoms with Gasteiger partial charge in [0.05, 0.1) is 11.6 Å². The lowest BCUT2D eigenvalue weighted by atomic mass is 10.2. The van der Waals surface area contributed by atoms with Crippen molar-refractivity contribution in [2.24, 2.45) is 0 Å². The average molecular weight is 210 g/mol. The minimum Gasteiger partial charge on any atom is -0.436 e. The maximum Gasteiger partial charge on any atom is 0.209 e. The SMILES string of the molecule is c1cnc2[nH]c3oc4cncnc4c3c2c1. The van der Waals surface area contributed by atoms with E-state index in [1.807, 2.05) is 12.1 Å². The van der Waals surface area contributed by atoms with Gasteiger partial charge in [-0.3, -0.25) is 0 Å². The molecule has 0 aliphatic rings. The van der Waals surface area contributed by atoms with Crippen LogP contribution in [0.5, 0.6) is 0 Å². The first kappa shape index (κ1) is 7.81. The summed E-state index contributed by atoms with van der Waals surface area (Å²) in [7, 11) is 0. The molecule has 0 radical (unpaired) electrons. The lowest BCUT2D eigenvalue weighted by Crippen LogP contribution is -1.77. The van der Waals surface area contributed by atoms with E-state index in [-0.39, 0.29) is 0 Å². The zero-order chi connectivity index (χ0) is 10.5. The molecule has 0 aliphatic heterocycles. The number of hydrogen-bond acceptors (Lipinski definition) is 4. The number of aromatic nitrogens is 4. The molecule has 0 fully saturated rings. The Bertz CT molecular complexity index is 749. The molecule has 5 nitrogen and oxygen atoms in total. The quantitative estimate of drug-likeness (QED) is 0.483. The summed E-state index contributed by atoms with van der Waals surface area (Å²) in [5.74, 6) is 0. The zero-order valence-corrected chi connectivity index (χ0v) is 8.14. The van der Waals surface area contributed by atoms with E-state index < -0.39 is 0 Å². The number of rotatable bonds is 0. The van der Waals surface area contributed by atoms with Crippen molar-refractivity contribution in [1.82, 2.24) is 19.9 Å². The normalized spacial score (nSPS) is 11.8. The highest BCUT2D eigenvalue weighted by atomic mass is 16.3. The fourth-order valence-electron chi connectivity index (χ4n) is 2.00. The van der Waals surface area contributed by atoms with Gasteiger partial charge in [0.1, 0.15) is 17.5 Å². The van der Waals surface area contributed by atoms with Crippen LogP contribution in [-0.4, -0.2) is 19.9 Å². The number of H-pyrrole nitrogens is 1. The summed E-state index contributed by atoms with van der Waals surface area (Å²) in [6, 6.07) is 3.90. The number of hydrogen-bond donors (Lipinski definition) is 1. The second kappa shape index (κ2) is 2.57. The van der Waals surface area contributed by atoms with Gasteiger partial charge in [-0.1, -0.05) is 0 Å². The highest BCUT2D eigenvalue weighted by Crippen LogP contribution is 2.31. The van der Waals surface area contributed by atoms with Crippen LogP contribution in [0.3, 0.4) is 0 Å². The molecule has 4 aromatic heterocycles. The molecule has 0 aromatic carbocycles. The first-order chi connectivity index (χ1) is 7.93. The van der Waals surface area contributed by atoms with Crippen molar-refractivity contribution in [1.29, 1.82) is 0 Å².